The normalized spacial score (nSPS) is 16.8. The number of rotatable bonds is 5. The molecule has 0 saturated carbocycles. The highest BCUT2D eigenvalue weighted by Crippen LogP contribution is 2.13. The number of hydrogen-bond donors (Lipinski definition) is 2. The molecule has 1 fully saturated rings. The third-order valence-electron chi connectivity index (χ3n) is 4.27. The Morgan fingerprint density at radius 1 is 1.25 bits per heavy atom. The van der Waals surface area contributed by atoms with Crippen molar-refractivity contribution in [1.82, 2.24) is 15.5 Å². The summed E-state index contributed by atoms with van der Waals surface area (Å²) in [6.07, 6.45) is 1.49. The Bertz CT molecular complexity index is 578. The van der Waals surface area contributed by atoms with E-state index in [4.69, 9.17) is 0 Å². The van der Waals surface area contributed by atoms with Crippen LogP contribution in [0.15, 0.2) is 17.5 Å². The summed E-state index contributed by atoms with van der Waals surface area (Å²) in [5, 5.41) is 7.69. The molecule has 132 valence electrons. The third kappa shape index (κ3) is 4.80. The summed E-state index contributed by atoms with van der Waals surface area (Å²) >= 11 is 1.35. The Balaban J connectivity index is 1.90. The van der Waals surface area contributed by atoms with Crippen LogP contribution in [0.2, 0.25) is 0 Å². The zero-order chi connectivity index (χ0) is 17.7. The smallest absolute Gasteiger partial charge is 0.262 e. The Labute approximate surface area is 146 Å². The Morgan fingerprint density at radius 3 is 2.42 bits per heavy atom. The average molecular weight is 351 g/mol. The van der Waals surface area contributed by atoms with Crippen LogP contribution in [0.1, 0.15) is 43.3 Å². The molecule has 0 aromatic carbocycles. The molecule has 1 aliphatic rings. The molecule has 1 atom stereocenters. The van der Waals surface area contributed by atoms with E-state index in [2.05, 4.69) is 10.6 Å². The molecule has 1 aliphatic heterocycles. The van der Waals surface area contributed by atoms with Gasteiger partial charge in [0, 0.05) is 26.1 Å². The van der Waals surface area contributed by atoms with Crippen molar-refractivity contribution < 1.29 is 14.4 Å². The zero-order valence-electron chi connectivity index (χ0n) is 14.4. The number of nitrogens with zero attached hydrogens (tertiary/aromatic N) is 1. The standard InChI is InChI=1S/C17H25N3O3S/c1-11(2)15(19-16(22)14-5-4-10-24-14)17(23)18-13-6-8-20(9-7-13)12(3)21/h4-5,10-11,13,15H,6-9H2,1-3H3,(H,18,23)(H,19,22)/t15-/m1/s1. The van der Waals surface area contributed by atoms with E-state index in [0.29, 0.717) is 18.0 Å². The summed E-state index contributed by atoms with van der Waals surface area (Å²) in [5.74, 6) is -0.310. The van der Waals surface area contributed by atoms with Crippen molar-refractivity contribution in [2.24, 2.45) is 5.92 Å². The van der Waals surface area contributed by atoms with E-state index in [-0.39, 0.29) is 29.7 Å². The minimum atomic E-state index is -0.564. The van der Waals surface area contributed by atoms with Gasteiger partial charge in [0.15, 0.2) is 0 Å². The minimum absolute atomic E-state index is 0.00813. The van der Waals surface area contributed by atoms with Crippen molar-refractivity contribution in [2.75, 3.05) is 13.1 Å². The molecule has 6 nitrogen and oxygen atoms in total. The molecule has 24 heavy (non-hydrogen) atoms. The van der Waals surface area contributed by atoms with Crippen LogP contribution in [0, 0.1) is 5.92 Å². The molecule has 0 aliphatic carbocycles. The second-order valence-corrected chi connectivity index (χ2v) is 7.41. The maximum Gasteiger partial charge on any atom is 0.262 e. The van der Waals surface area contributed by atoms with Crippen LogP contribution in [-0.2, 0) is 9.59 Å². The van der Waals surface area contributed by atoms with Crippen molar-refractivity contribution in [3.05, 3.63) is 22.4 Å². The van der Waals surface area contributed by atoms with E-state index in [1.54, 1.807) is 17.9 Å². The van der Waals surface area contributed by atoms with Gasteiger partial charge in [0.25, 0.3) is 5.91 Å². The lowest BCUT2D eigenvalue weighted by molar-refractivity contribution is -0.130. The van der Waals surface area contributed by atoms with Crippen LogP contribution in [0.4, 0.5) is 0 Å². The zero-order valence-corrected chi connectivity index (χ0v) is 15.2. The predicted molar refractivity (Wildman–Crippen MR) is 93.8 cm³/mol. The van der Waals surface area contributed by atoms with Gasteiger partial charge in [0.05, 0.1) is 4.88 Å². The van der Waals surface area contributed by atoms with Gasteiger partial charge in [0.2, 0.25) is 11.8 Å². The van der Waals surface area contributed by atoms with Crippen molar-refractivity contribution in [3.8, 4) is 0 Å². The van der Waals surface area contributed by atoms with Crippen LogP contribution in [0.25, 0.3) is 0 Å². The summed E-state index contributed by atoms with van der Waals surface area (Å²) in [6.45, 7) is 6.71. The van der Waals surface area contributed by atoms with Gasteiger partial charge >= 0.3 is 0 Å². The Morgan fingerprint density at radius 2 is 1.92 bits per heavy atom. The average Bonchev–Trinajstić information content (AvgIpc) is 3.07. The number of thiophene rings is 1. The molecule has 1 aromatic heterocycles. The van der Waals surface area contributed by atoms with E-state index in [1.807, 2.05) is 25.3 Å². The molecule has 2 N–H and O–H groups in total. The van der Waals surface area contributed by atoms with Crippen LogP contribution in [0.5, 0.6) is 0 Å². The monoisotopic (exact) mass is 351 g/mol. The second kappa shape index (κ2) is 8.28. The first-order valence-corrected chi connectivity index (χ1v) is 9.16. The highest BCUT2D eigenvalue weighted by Gasteiger charge is 2.28. The number of carbonyl (C=O) groups is 3. The fourth-order valence-corrected chi connectivity index (χ4v) is 3.41. The molecule has 0 bridgehead atoms. The lowest BCUT2D eigenvalue weighted by Crippen LogP contribution is -2.54. The molecule has 0 spiro atoms. The van der Waals surface area contributed by atoms with Gasteiger partial charge < -0.3 is 15.5 Å². The third-order valence-corrected chi connectivity index (χ3v) is 5.14. The second-order valence-electron chi connectivity index (χ2n) is 6.46. The Hall–Kier alpha value is -1.89. The molecule has 1 saturated heterocycles. The van der Waals surface area contributed by atoms with Gasteiger partial charge in [-0.25, -0.2) is 0 Å². The highest BCUT2D eigenvalue weighted by atomic mass is 32.1. The molecule has 0 radical (unpaired) electrons. The fraction of sp³-hybridized carbons (Fsp3) is 0.588. The maximum absolute atomic E-state index is 12.6. The number of piperidine rings is 1. The maximum atomic E-state index is 12.6. The van der Waals surface area contributed by atoms with E-state index in [1.165, 1.54) is 11.3 Å². The summed E-state index contributed by atoms with van der Waals surface area (Å²) < 4.78 is 0. The van der Waals surface area contributed by atoms with Crippen LogP contribution >= 0.6 is 11.3 Å². The molecule has 3 amide bonds. The van der Waals surface area contributed by atoms with Crippen LogP contribution in [0.3, 0.4) is 0 Å². The Kier molecular flexibility index (Phi) is 6.36. The number of nitrogens with one attached hydrogen (secondary N) is 2. The summed E-state index contributed by atoms with van der Waals surface area (Å²) in [4.78, 5) is 38.5. The summed E-state index contributed by atoms with van der Waals surface area (Å²) in [5.41, 5.74) is 0. The van der Waals surface area contributed by atoms with Crippen molar-refractivity contribution in [2.45, 2.75) is 45.7 Å². The molecule has 2 rings (SSSR count). The van der Waals surface area contributed by atoms with E-state index < -0.39 is 6.04 Å². The first-order chi connectivity index (χ1) is 11.4. The van der Waals surface area contributed by atoms with E-state index in [9.17, 15) is 14.4 Å². The molecule has 2 heterocycles. The van der Waals surface area contributed by atoms with Crippen molar-refractivity contribution in [3.63, 3.8) is 0 Å². The quantitative estimate of drug-likeness (QED) is 0.846. The van der Waals surface area contributed by atoms with Crippen molar-refractivity contribution in [1.29, 1.82) is 0 Å². The van der Waals surface area contributed by atoms with Crippen LogP contribution < -0.4 is 10.6 Å². The lowest BCUT2D eigenvalue weighted by atomic mass is 10.0. The summed E-state index contributed by atoms with van der Waals surface area (Å²) in [6, 6.07) is 3.04. The number of likely N-dealkylation sites (tertiary alicyclic amines) is 1. The van der Waals surface area contributed by atoms with Gasteiger partial charge in [0.1, 0.15) is 6.04 Å². The summed E-state index contributed by atoms with van der Waals surface area (Å²) in [7, 11) is 0. The van der Waals surface area contributed by atoms with Gasteiger partial charge in [-0.3, -0.25) is 14.4 Å². The molecular formula is C17H25N3O3S. The predicted octanol–water partition coefficient (Wildman–Crippen LogP) is 1.63. The number of hydrogen-bond acceptors (Lipinski definition) is 4. The largest absolute Gasteiger partial charge is 0.351 e. The SMILES string of the molecule is CC(=O)N1CCC(NC(=O)[C@H](NC(=O)c2cccs2)C(C)C)CC1. The van der Waals surface area contributed by atoms with Gasteiger partial charge in [-0.2, -0.15) is 0 Å². The molecule has 0 unspecified atom stereocenters. The highest BCUT2D eigenvalue weighted by molar-refractivity contribution is 7.12. The number of carbonyl (C=O) groups excluding carboxylic acids is 3. The fourth-order valence-electron chi connectivity index (χ4n) is 2.78. The minimum Gasteiger partial charge on any atom is -0.351 e. The first kappa shape index (κ1) is 18.4. The lowest BCUT2D eigenvalue weighted by Gasteiger charge is -2.33. The number of amides is 3. The topological polar surface area (TPSA) is 78.5 Å². The van der Waals surface area contributed by atoms with E-state index in [0.717, 1.165) is 12.8 Å². The molecular weight excluding hydrogens is 326 g/mol. The van der Waals surface area contributed by atoms with Gasteiger partial charge in [-0.15, -0.1) is 11.3 Å². The van der Waals surface area contributed by atoms with Crippen molar-refractivity contribution >= 4 is 29.1 Å². The molecule has 7 heteroatoms. The van der Waals surface area contributed by atoms with Gasteiger partial charge in [-0.1, -0.05) is 19.9 Å². The van der Waals surface area contributed by atoms with E-state index >= 15 is 0 Å². The van der Waals surface area contributed by atoms with Gasteiger partial charge in [-0.05, 0) is 30.2 Å². The molecule has 1 aromatic rings. The van der Waals surface area contributed by atoms with Crippen LogP contribution in [-0.4, -0.2) is 47.8 Å². The first-order valence-electron chi connectivity index (χ1n) is 8.28.